The van der Waals surface area contributed by atoms with Gasteiger partial charge in [0.2, 0.25) is 0 Å². The molecule has 0 spiro atoms. The number of benzene rings is 19. The first kappa shape index (κ1) is 78.9. The molecule has 630 valence electrons. The quantitative estimate of drug-likeness (QED) is 0.111. The van der Waals surface area contributed by atoms with Crippen LogP contribution in [-0.2, 0) is 0 Å². The van der Waals surface area contributed by atoms with Crippen LogP contribution in [0, 0.1) is 0 Å². The van der Waals surface area contributed by atoms with Crippen molar-refractivity contribution >= 4 is 130 Å². The van der Waals surface area contributed by atoms with Crippen molar-refractivity contribution in [3.05, 3.63) is 480 Å². The largest absolute Gasteiger partial charge is 0.309 e. The summed E-state index contributed by atoms with van der Waals surface area (Å²) in [7, 11) is 0. The van der Waals surface area contributed by atoms with Crippen molar-refractivity contribution in [1.82, 2.24) is 53.6 Å². The first-order valence-corrected chi connectivity index (χ1v) is 45.5. The van der Waals surface area contributed by atoms with Crippen LogP contribution in [0.4, 0.5) is 0 Å². The Hall–Kier alpha value is -18.3. The fourth-order valence-corrected chi connectivity index (χ4v) is 20.0. The predicted octanol–water partition coefficient (Wildman–Crippen LogP) is 31.4. The van der Waals surface area contributed by atoms with Crippen LogP contribution in [0.2, 0.25) is 0 Å². The molecule has 27 aromatic rings. The molecule has 0 amide bonds. The van der Waals surface area contributed by atoms with Crippen LogP contribution >= 0.6 is 0 Å². The maximum absolute atomic E-state index is 5.13. The number of fused-ring (bicyclic) bond motifs is 24. The molecule has 11 nitrogen and oxygen atoms in total. The summed E-state index contributed by atoms with van der Waals surface area (Å²) >= 11 is 0. The van der Waals surface area contributed by atoms with Crippen LogP contribution in [0.1, 0.15) is 0 Å². The summed E-state index contributed by atoms with van der Waals surface area (Å²) in [4.78, 5) is 39.8. The van der Waals surface area contributed by atoms with Crippen LogP contribution in [0.15, 0.2) is 480 Å². The summed E-state index contributed by atoms with van der Waals surface area (Å²) in [6.07, 6.45) is 5.66. The zero-order chi connectivity index (χ0) is 89.2. The lowest BCUT2D eigenvalue weighted by Crippen LogP contribution is -2.00. The van der Waals surface area contributed by atoms with E-state index in [2.05, 4.69) is 366 Å². The average molecular weight is 1720 g/mol. The van der Waals surface area contributed by atoms with E-state index < -0.39 is 0 Å². The van der Waals surface area contributed by atoms with Crippen molar-refractivity contribution in [3.8, 4) is 119 Å². The summed E-state index contributed by atoms with van der Waals surface area (Å²) in [5.41, 5.74) is 28.1. The second-order valence-corrected chi connectivity index (χ2v) is 34.0. The molecule has 0 fully saturated rings. The number of pyridine rings is 3. The third-order valence-electron chi connectivity index (χ3n) is 26.1. The summed E-state index contributed by atoms with van der Waals surface area (Å²) in [6, 6.07) is 162. The van der Waals surface area contributed by atoms with Crippen LogP contribution in [-0.4, -0.2) is 53.6 Å². The first-order valence-electron chi connectivity index (χ1n) is 45.5. The molecule has 0 saturated heterocycles. The molecule has 8 heterocycles. The number of hydrogen-bond donors (Lipinski definition) is 0. The van der Waals surface area contributed by atoms with E-state index in [0.29, 0.717) is 23.3 Å². The van der Waals surface area contributed by atoms with Crippen LogP contribution in [0.25, 0.3) is 249 Å². The highest BCUT2D eigenvalue weighted by molar-refractivity contribution is 6.34. The zero-order valence-corrected chi connectivity index (χ0v) is 73.0. The summed E-state index contributed by atoms with van der Waals surface area (Å²) in [5, 5.41) is 17.8. The Bertz CT molecular complexity index is 8230. The lowest BCUT2D eigenvalue weighted by Gasteiger charge is -2.13. The van der Waals surface area contributed by atoms with Gasteiger partial charge in [0.05, 0.1) is 61.0 Å². The molecule has 135 heavy (non-hydrogen) atoms. The molecular weight excluding hydrogens is 1640 g/mol. The Labute approximate surface area is 776 Å². The minimum absolute atomic E-state index is 0.630. The summed E-state index contributed by atoms with van der Waals surface area (Å²) in [6.45, 7) is 0. The highest BCUT2D eigenvalue weighted by Crippen LogP contribution is 2.48. The molecule has 0 aliphatic heterocycles. The summed E-state index contributed by atoms with van der Waals surface area (Å²) < 4.78 is 7.18. The predicted molar refractivity (Wildman–Crippen MR) is 559 cm³/mol. The molecule has 0 unspecified atom stereocenters. The minimum atomic E-state index is 0.630. The molecule has 0 atom stereocenters. The summed E-state index contributed by atoms with van der Waals surface area (Å²) in [5.74, 6) is 2.61. The Balaban J connectivity index is 0.000000108. The van der Waals surface area contributed by atoms with Crippen LogP contribution in [0.5, 0.6) is 0 Å². The fraction of sp³-hybridized carbons (Fsp3) is 0. The molecule has 19 aromatic carbocycles. The molecule has 0 radical (unpaired) electrons. The Morgan fingerprint density at radius 3 is 0.719 bits per heavy atom. The minimum Gasteiger partial charge on any atom is -0.309 e. The normalized spacial score (nSPS) is 11.6. The molecule has 0 N–H and O–H groups in total. The van der Waals surface area contributed by atoms with Gasteiger partial charge in [-0.05, 0) is 165 Å². The van der Waals surface area contributed by atoms with E-state index in [0.717, 1.165) is 127 Å². The molecule has 0 aliphatic carbocycles. The van der Waals surface area contributed by atoms with E-state index in [1.807, 2.05) is 128 Å². The van der Waals surface area contributed by atoms with Gasteiger partial charge >= 0.3 is 0 Å². The van der Waals surface area contributed by atoms with Crippen molar-refractivity contribution < 1.29 is 0 Å². The van der Waals surface area contributed by atoms with Crippen molar-refractivity contribution in [1.29, 1.82) is 0 Å². The number of hydrogen-bond acceptors (Lipinski definition) is 8. The van der Waals surface area contributed by atoms with Gasteiger partial charge < -0.3 is 13.7 Å². The van der Waals surface area contributed by atoms with Gasteiger partial charge in [-0.1, -0.05) is 346 Å². The monoisotopic (exact) mass is 1720 g/mol. The van der Waals surface area contributed by atoms with Gasteiger partial charge in [-0.2, -0.15) is 0 Å². The maximum atomic E-state index is 5.13. The lowest BCUT2D eigenvalue weighted by molar-refractivity contribution is 1.07. The number of nitrogens with zero attached hydrogens (tertiary/aromatic N) is 11. The highest BCUT2D eigenvalue weighted by Gasteiger charge is 2.27. The SMILES string of the molecule is c1ccc(-c2cc(-c3ccccc3)cc(-c3ccc4c5c6ccccc6c6ncccc6c5n(-c5ccccc5)c4c3)c2)cc1.c1ccc(-c2cc(-c3ccccc3)nc(-c3ccc4c5c6ccccc6c6ncccc6c5n(-c5ccccc5)c4c3)n2)cc1.c1ccc(-c2nc(-c3ccccc3)nc(-c3ccc4c5c6ccccc6c6ncccc6c5n(-c5ccccc5)c4c3)n2)cc1. The van der Waals surface area contributed by atoms with Gasteiger partial charge in [-0.3, -0.25) is 15.0 Å². The van der Waals surface area contributed by atoms with Gasteiger partial charge in [0.1, 0.15) is 0 Å². The molecular formula is C124H79N11. The van der Waals surface area contributed by atoms with Crippen molar-refractivity contribution in [2.45, 2.75) is 0 Å². The molecule has 0 saturated carbocycles. The van der Waals surface area contributed by atoms with Gasteiger partial charge in [-0.15, -0.1) is 0 Å². The highest BCUT2D eigenvalue weighted by atomic mass is 15.0. The topological polar surface area (TPSA) is 118 Å². The van der Waals surface area contributed by atoms with Crippen LogP contribution in [0.3, 0.4) is 0 Å². The molecule has 0 aliphatic rings. The smallest absolute Gasteiger partial charge is 0.164 e. The second-order valence-electron chi connectivity index (χ2n) is 34.0. The number of aromatic nitrogens is 11. The van der Waals surface area contributed by atoms with E-state index >= 15 is 0 Å². The van der Waals surface area contributed by atoms with Crippen molar-refractivity contribution in [2.75, 3.05) is 0 Å². The van der Waals surface area contributed by atoms with Crippen molar-refractivity contribution in [3.63, 3.8) is 0 Å². The third-order valence-corrected chi connectivity index (χ3v) is 26.1. The number of para-hydroxylation sites is 3. The second kappa shape index (κ2) is 33.6. The number of rotatable bonds is 12. The Morgan fingerprint density at radius 1 is 0.148 bits per heavy atom. The van der Waals surface area contributed by atoms with Gasteiger partial charge in [-0.25, -0.2) is 24.9 Å². The molecule has 11 heteroatoms. The van der Waals surface area contributed by atoms with E-state index in [1.165, 1.54) is 98.3 Å². The van der Waals surface area contributed by atoms with Crippen molar-refractivity contribution in [2.24, 2.45) is 0 Å². The van der Waals surface area contributed by atoms with Gasteiger partial charge in [0.15, 0.2) is 23.3 Å². The average Bonchev–Trinajstić information content (AvgIpc) is 1.56. The van der Waals surface area contributed by atoms with E-state index in [-0.39, 0.29) is 0 Å². The van der Waals surface area contributed by atoms with Crippen LogP contribution < -0.4 is 0 Å². The fourth-order valence-electron chi connectivity index (χ4n) is 20.0. The lowest BCUT2D eigenvalue weighted by atomic mass is 9.93. The Kier molecular flexibility index (Phi) is 19.7. The molecule has 27 rings (SSSR count). The zero-order valence-electron chi connectivity index (χ0n) is 73.0. The Morgan fingerprint density at radius 2 is 0.393 bits per heavy atom. The standard InChI is InChI=1S/C43H28N2.C41H26N4.C40H25N5/c1-4-13-29(14-5-1)32-25-33(30-15-6-2-7-16-30)27-34(26-32)31-22-23-38-40(28-31)45(35-17-8-3-9-18-35)43-39-21-12-24-44-42(39)37-20-11-10-19-36(37)41(38)43;1-4-13-27(14-5-1)35-26-36(28-15-6-2-7-16-28)44-41(43-35)29-22-23-33-37(25-29)45(30-17-8-3-9-18-30)40-34-21-12-24-42-39(34)32-20-11-10-19-31(32)38(33)40;1-4-13-26(14-5-1)38-42-39(27-15-6-2-7-16-27)44-40(43-38)28-22-23-32-34(25-28)45(29-17-8-3-9-18-29)37-33-21-12-24-41-36(33)31-20-11-10-19-30(31)35(32)37/h1-28H;1-26H;1-25H. The van der Waals surface area contributed by atoms with E-state index in [9.17, 15) is 0 Å². The molecule has 0 bridgehead atoms. The van der Waals surface area contributed by atoms with E-state index in [4.69, 9.17) is 39.9 Å². The first-order chi connectivity index (χ1) is 67.0. The van der Waals surface area contributed by atoms with E-state index in [1.54, 1.807) is 0 Å². The maximum Gasteiger partial charge on any atom is 0.164 e. The molecule has 8 aromatic heterocycles. The van der Waals surface area contributed by atoms with Gasteiger partial charge in [0, 0.05) is 134 Å². The third kappa shape index (κ3) is 14.0. The van der Waals surface area contributed by atoms with Gasteiger partial charge in [0.25, 0.3) is 0 Å².